The maximum Gasteiger partial charge on any atom is 0.573 e. The number of halogens is 3. The number of pyridine rings is 2. The first kappa shape index (κ1) is 28.7. The van der Waals surface area contributed by atoms with Crippen molar-refractivity contribution in [1.82, 2.24) is 19.3 Å². The van der Waals surface area contributed by atoms with Crippen LogP contribution in [0.3, 0.4) is 0 Å². The first-order valence-corrected chi connectivity index (χ1v) is 15.9. The minimum Gasteiger partial charge on any atom is -0.493 e. The third-order valence-corrected chi connectivity index (χ3v) is 10.5. The van der Waals surface area contributed by atoms with Gasteiger partial charge in [-0.3, -0.25) is 0 Å². The van der Waals surface area contributed by atoms with Crippen LogP contribution in [0.4, 0.5) is 13.2 Å². The number of alkyl halides is 3. The minimum absolute atomic E-state index is 0.00858. The lowest BCUT2D eigenvalue weighted by atomic mass is 9.80. The van der Waals surface area contributed by atoms with Crippen molar-refractivity contribution in [3.8, 4) is 11.5 Å². The van der Waals surface area contributed by atoms with E-state index in [2.05, 4.69) is 19.7 Å². The highest BCUT2D eigenvalue weighted by Gasteiger charge is 2.34. The zero-order chi connectivity index (χ0) is 29.3. The molecule has 1 saturated heterocycles. The number of fused-ring (bicyclic) bond motifs is 3. The van der Waals surface area contributed by atoms with Gasteiger partial charge in [0.05, 0.1) is 12.4 Å². The van der Waals surface area contributed by atoms with Gasteiger partial charge in [0.2, 0.25) is 10.0 Å². The van der Waals surface area contributed by atoms with Gasteiger partial charge in [-0.1, -0.05) is 0 Å². The van der Waals surface area contributed by atoms with E-state index in [9.17, 15) is 21.6 Å². The second-order valence-corrected chi connectivity index (χ2v) is 13.4. The summed E-state index contributed by atoms with van der Waals surface area (Å²) in [6.07, 6.45) is 5.93. The van der Waals surface area contributed by atoms with Crippen LogP contribution in [0, 0.1) is 11.8 Å². The van der Waals surface area contributed by atoms with E-state index in [4.69, 9.17) is 4.74 Å². The summed E-state index contributed by atoms with van der Waals surface area (Å²) in [5, 5.41) is 3.27. The number of aromatic nitrogens is 3. The van der Waals surface area contributed by atoms with Gasteiger partial charge in [-0.25, -0.2) is 22.7 Å². The molecule has 3 aromatic heterocycles. The van der Waals surface area contributed by atoms with E-state index in [0.717, 1.165) is 60.3 Å². The molecule has 2 fully saturated rings. The Hall–Kier alpha value is -3.38. The van der Waals surface area contributed by atoms with Crippen LogP contribution in [0.25, 0.3) is 21.8 Å². The summed E-state index contributed by atoms with van der Waals surface area (Å²) >= 11 is 0. The first-order chi connectivity index (χ1) is 20.1. The monoisotopic (exact) mass is 602 g/mol. The lowest BCUT2D eigenvalue weighted by Gasteiger charge is -2.34. The van der Waals surface area contributed by atoms with Crippen LogP contribution < -0.4 is 9.47 Å². The lowest BCUT2D eigenvalue weighted by Crippen LogP contribution is -2.43. The highest BCUT2D eigenvalue weighted by atomic mass is 32.2. The van der Waals surface area contributed by atoms with Crippen LogP contribution in [0.5, 0.6) is 11.5 Å². The molecule has 6 rings (SSSR count). The van der Waals surface area contributed by atoms with E-state index >= 15 is 0 Å². The van der Waals surface area contributed by atoms with Crippen molar-refractivity contribution in [3.05, 3.63) is 60.7 Å². The number of benzene rings is 1. The fourth-order valence-corrected chi connectivity index (χ4v) is 8.39. The quantitative estimate of drug-likeness (QED) is 0.251. The Morgan fingerprint density at radius 2 is 1.71 bits per heavy atom. The third-order valence-electron chi connectivity index (χ3n) is 8.45. The topological polar surface area (TPSA) is 97.4 Å². The summed E-state index contributed by atoms with van der Waals surface area (Å²) in [4.78, 5) is 12.3. The summed E-state index contributed by atoms with van der Waals surface area (Å²) in [5.41, 5.74) is 1.91. The smallest absolute Gasteiger partial charge is 0.493 e. The Bertz CT molecular complexity index is 1630. The predicted octanol–water partition coefficient (Wildman–Crippen LogP) is 6.40. The fraction of sp³-hybridized carbons (Fsp3) is 0.467. The number of aromatic amines is 1. The van der Waals surface area contributed by atoms with Gasteiger partial charge < -0.3 is 14.5 Å². The van der Waals surface area contributed by atoms with Gasteiger partial charge in [0, 0.05) is 59.5 Å². The van der Waals surface area contributed by atoms with E-state index in [0.29, 0.717) is 31.4 Å². The highest BCUT2D eigenvalue weighted by molar-refractivity contribution is 7.89. The Morgan fingerprint density at radius 1 is 0.952 bits per heavy atom. The maximum atomic E-state index is 13.4. The van der Waals surface area contributed by atoms with E-state index in [1.54, 1.807) is 10.5 Å². The molecule has 4 heterocycles. The second-order valence-electron chi connectivity index (χ2n) is 11.4. The van der Waals surface area contributed by atoms with Crippen molar-refractivity contribution >= 4 is 31.8 Å². The molecule has 1 aliphatic heterocycles. The predicted molar refractivity (Wildman–Crippen MR) is 153 cm³/mol. The summed E-state index contributed by atoms with van der Waals surface area (Å²) in [7, 11) is -3.43. The van der Waals surface area contributed by atoms with Crippen molar-refractivity contribution in [3.63, 3.8) is 0 Å². The van der Waals surface area contributed by atoms with Gasteiger partial charge in [0.25, 0.3) is 0 Å². The Balaban J connectivity index is 1.03. The van der Waals surface area contributed by atoms with Crippen molar-refractivity contribution in [2.45, 2.75) is 50.8 Å². The average Bonchev–Trinajstić information content (AvgIpc) is 3.46. The van der Waals surface area contributed by atoms with E-state index in [-0.39, 0.29) is 23.3 Å². The number of ether oxygens (including phenoxy) is 2. The molecule has 224 valence electrons. The van der Waals surface area contributed by atoms with Crippen LogP contribution in [-0.4, -0.2) is 59.5 Å². The van der Waals surface area contributed by atoms with Gasteiger partial charge in [0.15, 0.2) is 5.65 Å². The maximum absolute atomic E-state index is 13.4. The van der Waals surface area contributed by atoms with Gasteiger partial charge in [-0.2, -0.15) is 0 Å². The largest absolute Gasteiger partial charge is 0.573 e. The van der Waals surface area contributed by atoms with Gasteiger partial charge in [0.1, 0.15) is 11.5 Å². The van der Waals surface area contributed by atoms with Crippen LogP contribution in [0.15, 0.2) is 55.0 Å². The number of sulfonamides is 1. The second kappa shape index (κ2) is 11.7. The molecule has 4 aromatic rings. The number of rotatable bonds is 8. The molecule has 42 heavy (non-hydrogen) atoms. The number of nitrogens with one attached hydrogen (secondary N) is 1. The number of H-pyrrole nitrogens is 1. The molecule has 12 heteroatoms. The van der Waals surface area contributed by atoms with Crippen molar-refractivity contribution in [1.29, 1.82) is 0 Å². The molecule has 0 spiro atoms. The number of nitrogens with zero attached hydrogens (tertiary/aromatic N) is 3. The minimum atomic E-state index is -4.75. The summed E-state index contributed by atoms with van der Waals surface area (Å²) in [5.74, 6) is 0.679. The molecular weight excluding hydrogens is 569 g/mol. The molecule has 1 N–H and O–H groups in total. The molecule has 1 aliphatic carbocycles. The van der Waals surface area contributed by atoms with Crippen LogP contribution in [0.2, 0.25) is 0 Å². The summed E-state index contributed by atoms with van der Waals surface area (Å²) in [6.45, 7) is 1.18. The summed E-state index contributed by atoms with van der Waals surface area (Å²) in [6, 6.07) is 9.26. The normalized spacial score (nSPS) is 22.4. The molecule has 1 atom stereocenters. The Labute approximate surface area is 242 Å². The Morgan fingerprint density at radius 3 is 2.48 bits per heavy atom. The fourth-order valence-electron chi connectivity index (χ4n) is 6.41. The lowest BCUT2D eigenvalue weighted by molar-refractivity contribution is -0.274. The standard InChI is InChI=1S/C30H33F3N4O4S/c31-30(32,33)41-25-9-7-24(8-10-25)40-18-21-2-1-15-37(17-21)42(38,39)19-20-3-5-22(6-4-20)28-27-23(11-13-34-28)16-36-29-26(27)12-14-35-29/h7-14,16,20-22,34H,1-6,15,17-19H2. The van der Waals surface area contributed by atoms with Crippen molar-refractivity contribution in [2.24, 2.45) is 11.8 Å². The van der Waals surface area contributed by atoms with E-state index < -0.39 is 16.4 Å². The average molecular weight is 603 g/mol. The first-order valence-electron chi connectivity index (χ1n) is 14.3. The molecule has 0 radical (unpaired) electrons. The van der Waals surface area contributed by atoms with E-state index in [1.807, 2.05) is 24.5 Å². The number of hydrogen-bond donors (Lipinski definition) is 1. The molecule has 1 unspecified atom stereocenters. The van der Waals surface area contributed by atoms with E-state index in [1.165, 1.54) is 30.0 Å². The SMILES string of the molecule is O=S(=O)(CC1CCC(c2[nH]ccc3cnc4nccc4c23)CC1)N1CCCC(COc2ccc(OC(F)(F)F)cc2)C1. The molecule has 2 aliphatic rings. The molecule has 0 amide bonds. The zero-order valence-corrected chi connectivity index (χ0v) is 23.8. The molecular formula is C30H33F3N4O4S. The van der Waals surface area contributed by atoms with Crippen LogP contribution in [-0.2, 0) is 10.0 Å². The molecule has 8 nitrogen and oxygen atoms in total. The third kappa shape index (κ3) is 6.49. The number of piperidine rings is 1. The molecule has 1 saturated carbocycles. The highest BCUT2D eigenvalue weighted by Crippen LogP contribution is 2.40. The van der Waals surface area contributed by atoms with Crippen LogP contribution in [0.1, 0.15) is 50.1 Å². The molecule has 1 aromatic carbocycles. The van der Waals surface area contributed by atoms with Gasteiger partial charge in [-0.15, -0.1) is 13.2 Å². The van der Waals surface area contributed by atoms with Gasteiger partial charge >= 0.3 is 6.36 Å². The summed E-state index contributed by atoms with van der Waals surface area (Å²) < 4.78 is 75.3. The number of hydrogen-bond acceptors (Lipinski definition) is 6. The van der Waals surface area contributed by atoms with Crippen molar-refractivity contribution < 1.29 is 31.1 Å². The zero-order valence-electron chi connectivity index (χ0n) is 23.0. The molecule has 0 bridgehead atoms. The van der Waals surface area contributed by atoms with Crippen molar-refractivity contribution in [2.75, 3.05) is 25.4 Å². The van der Waals surface area contributed by atoms with Gasteiger partial charge in [-0.05, 0) is 86.8 Å². The Kier molecular flexibility index (Phi) is 8.01. The van der Waals surface area contributed by atoms with Crippen LogP contribution >= 0.6 is 0 Å².